The molecule has 1 rings (SSSR count). The highest BCUT2D eigenvalue weighted by atomic mass is 35.5. The zero-order valence-electron chi connectivity index (χ0n) is 9.61. The number of benzene rings is 1. The van der Waals surface area contributed by atoms with Gasteiger partial charge < -0.3 is 10.1 Å². The number of nitro benzene ring substituents is 1. The van der Waals surface area contributed by atoms with Crippen molar-refractivity contribution < 1.29 is 9.66 Å². The predicted octanol–water partition coefficient (Wildman–Crippen LogP) is 2.63. The van der Waals surface area contributed by atoms with Gasteiger partial charge in [0.25, 0.3) is 5.69 Å². The summed E-state index contributed by atoms with van der Waals surface area (Å²) in [5.41, 5.74) is -0.105. The van der Waals surface area contributed by atoms with Gasteiger partial charge in [0.05, 0.1) is 11.5 Å². The van der Waals surface area contributed by atoms with Crippen LogP contribution in [0.2, 0.25) is 5.02 Å². The molecule has 1 aromatic rings. The van der Waals surface area contributed by atoms with Gasteiger partial charge in [0, 0.05) is 12.1 Å². The molecule has 0 saturated carbocycles. The number of nitro groups is 1. The zero-order chi connectivity index (χ0) is 12.7. The average molecular weight is 259 g/mol. The molecule has 1 aromatic carbocycles. The fraction of sp³-hybridized carbons (Fsp3) is 0.455. The van der Waals surface area contributed by atoms with Crippen LogP contribution in [0.5, 0.6) is 5.75 Å². The standard InChI is InChI=1S/C11H15ClN2O3/c1-2-13-6-3-7-17-9-4-5-11(14(15)16)10(12)8-9/h4-5,8,13H,2-3,6-7H2,1H3. The van der Waals surface area contributed by atoms with Crippen LogP contribution < -0.4 is 10.1 Å². The maximum absolute atomic E-state index is 10.5. The molecule has 0 fully saturated rings. The van der Waals surface area contributed by atoms with Crippen molar-refractivity contribution in [2.45, 2.75) is 13.3 Å². The molecule has 0 atom stereocenters. The summed E-state index contributed by atoms with van der Waals surface area (Å²) in [6, 6.07) is 4.37. The van der Waals surface area contributed by atoms with Gasteiger partial charge in [-0.05, 0) is 25.6 Å². The van der Waals surface area contributed by atoms with Crippen LogP contribution in [0.1, 0.15) is 13.3 Å². The second-order valence-corrected chi connectivity index (χ2v) is 3.83. The minimum absolute atomic E-state index is 0.0965. The molecular weight excluding hydrogens is 244 g/mol. The predicted molar refractivity (Wildman–Crippen MR) is 66.8 cm³/mol. The lowest BCUT2D eigenvalue weighted by Crippen LogP contribution is -2.16. The van der Waals surface area contributed by atoms with E-state index >= 15 is 0 Å². The Kier molecular flexibility index (Phi) is 5.72. The Morgan fingerprint density at radius 1 is 1.53 bits per heavy atom. The number of rotatable bonds is 7. The Morgan fingerprint density at radius 2 is 2.29 bits per heavy atom. The molecule has 0 heterocycles. The molecule has 0 amide bonds. The first-order chi connectivity index (χ1) is 8.15. The van der Waals surface area contributed by atoms with Gasteiger partial charge in [-0.2, -0.15) is 0 Å². The van der Waals surface area contributed by atoms with E-state index < -0.39 is 4.92 Å². The van der Waals surface area contributed by atoms with Crippen molar-refractivity contribution in [3.05, 3.63) is 33.3 Å². The molecule has 1 N–H and O–H groups in total. The SMILES string of the molecule is CCNCCCOc1ccc([N+](=O)[O-])c(Cl)c1. The summed E-state index contributed by atoms with van der Waals surface area (Å²) in [6.45, 7) is 4.42. The molecule has 6 heteroatoms. The Morgan fingerprint density at radius 3 is 2.88 bits per heavy atom. The van der Waals surface area contributed by atoms with Crippen LogP contribution in [0.25, 0.3) is 0 Å². The summed E-state index contributed by atoms with van der Waals surface area (Å²) in [4.78, 5) is 10.0. The topological polar surface area (TPSA) is 64.4 Å². The Labute approximate surface area is 105 Å². The van der Waals surface area contributed by atoms with Gasteiger partial charge in [-0.1, -0.05) is 18.5 Å². The summed E-state index contributed by atoms with van der Waals surface area (Å²) < 4.78 is 5.42. The summed E-state index contributed by atoms with van der Waals surface area (Å²) in [5.74, 6) is 0.553. The molecule has 0 saturated heterocycles. The van der Waals surface area contributed by atoms with Crippen LogP contribution in [0.3, 0.4) is 0 Å². The average Bonchev–Trinajstić information content (AvgIpc) is 2.28. The first-order valence-electron chi connectivity index (χ1n) is 5.42. The summed E-state index contributed by atoms with van der Waals surface area (Å²) in [6.07, 6.45) is 0.877. The summed E-state index contributed by atoms with van der Waals surface area (Å²) in [7, 11) is 0. The number of nitrogens with one attached hydrogen (secondary N) is 1. The van der Waals surface area contributed by atoms with E-state index in [-0.39, 0.29) is 10.7 Å². The number of nitrogens with zero attached hydrogens (tertiary/aromatic N) is 1. The van der Waals surface area contributed by atoms with E-state index in [1.807, 2.05) is 6.92 Å². The van der Waals surface area contributed by atoms with E-state index in [1.54, 1.807) is 6.07 Å². The first kappa shape index (κ1) is 13.7. The smallest absolute Gasteiger partial charge is 0.288 e. The Bertz CT molecular complexity index is 385. The highest BCUT2D eigenvalue weighted by molar-refractivity contribution is 6.32. The highest BCUT2D eigenvalue weighted by Gasteiger charge is 2.12. The quantitative estimate of drug-likeness (QED) is 0.464. The number of halogens is 1. The van der Waals surface area contributed by atoms with E-state index in [9.17, 15) is 10.1 Å². The molecule has 0 radical (unpaired) electrons. The summed E-state index contributed by atoms with van der Waals surface area (Å²) in [5, 5.41) is 13.8. The van der Waals surface area contributed by atoms with Crippen molar-refractivity contribution in [1.82, 2.24) is 5.32 Å². The Hall–Kier alpha value is -1.33. The summed E-state index contributed by atoms with van der Waals surface area (Å²) >= 11 is 5.75. The molecule has 5 nitrogen and oxygen atoms in total. The third kappa shape index (κ3) is 4.58. The van der Waals surface area contributed by atoms with Crippen molar-refractivity contribution in [1.29, 1.82) is 0 Å². The largest absolute Gasteiger partial charge is 0.493 e. The molecule has 0 spiro atoms. The van der Waals surface area contributed by atoms with Crippen molar-refractivity contribution in [2.75, 3.05) is 19.7 Å². The molecular formula is C11H15ClN2O3. The Balaban J connectivity index is 2.45. The third-order valence-corrected chi connectivity index (χ3v) is 2.44. The van der Waals surface area contributed by atoms with Gasteiger partial charge in [0.1, 0.15) is 10.8 Å². The minimum atomic E-state index is -0.517. The molecule has 0 aliphatic rings. The fourth-order valence-corrected chi connectivity index (χ4v) is 1.53. The third-order valence-electron chi connectivity index (χ3n) is 2.13. The van der Waals surface area contributed by atoms with Gasteiger partial charge >= 0.3 is 0 Å². The number of hydrogen-bond acceptors (Lipinski definition) is 4. The zero-order valence-corrected chi connectivity index (χ0v) is 10.4. The first-order valence-corrected chi connectivity index (χ1v) is 5.80. The van der Waals surface area contributed by atoms with Crippen molar-refractivity contribution in [3.63, 3.8) is 0 Å². The minimum Gasteiger partial charge on any atom is -0.493 e. The van der Waals surface area contributed by atoms with Crippen LogP contribution in [0.4, 0.5) is 5.69 Å². The lowest BCUT2D eigenvalue weighted by Gasteiger charge is -2.06. The van der Waals surface area contributed by atoms with E-state index in [2.05, 4.69) is 5.32 Å². The molecule has 17 heavy (non-hydrogen) atoms. The van der Waals surface area contributed by atoms with Crippen LogP contribution in [-0.2, 0) is 0 Å². The number of hydrogen-bond donors (Lipinski definition) is 1. The lowest BCUT2D eigenvalue weighted by atomic mass is 10.3. The van der Waals surface area contributed by atoms with E-state index in [1.165, 1.54) is 12.1 Å². The fourth-order valence-electron chi connectivity index (χ4n) is 1.29. The van der Waals surface area contributed by atoms with Crippen LogP contribution >= 0.6 is 11.6 Å². The molecule has 0 bridgehead atoms. The maximum atomic E-state index is 10.5. The maximum Gasteiger partial charge on any atom is 0.288 e. The van der Waals surface area contributed by atoms with Gasteiger partial charge in [-0.25, -0.2) is 0 Å². The van der Waals surface area contributed by atoms with E-state index in [0.717, 1.165) is 19.5 Å². The van der Waals surface area contributed by atoms with Crippen LogP contribution in [0.15, 0.2) is 18.2 Å². The highest BCUT2D eigenvalue weighted by Crippen LogP contribution is 2.28. The molecule has 0 aliphatic heterocycles. The van der Waals surface area contributed by atoms with Gasteiger partial charge in [0.2, 0.25) is 0 Å². The number of ether oxygens (including phenoxy) is 1. The van der Waals surface area contributed by atoms with Crippen LogP contribution in [-0.4, -0.2) is 24.6 Å². The molecule has 94 valence electrons. The molecule has 0 aliphatic carbocycles. The van der Waals surface area contributed by atoms with Crippen molar-refractivity contribution in [3.8, 4) is 5.75 Å². The van der Waals surface area contributed by atoms with Gasteiger partial charge in [0.15, 0.2) is 0 Å². The van der Waals surface area contributed by atoms with Gasteiger partial charge in [-0.15, -0.1) is 0 Å². The normalized spacial score (nSPS) is 10.2. The molecule has 0 unspecified atom stereocenters. The van der Waals surface area contributed by atoms with Crippen molar-refractivity contribution >= 4 is 17.3 Å². The monoisotopic (exact) mass is 258 g/mol. The molecule has 0 aromatic heterocycles. The van der Waals surface area contributed by atoms with E-state index in [4.69, 9.17) is 16.3 Å². The second-order valence-electron chi connectivity index (χ2n) is 3.43. The van der Waals surface area contributed by atoms with Crippen LogP contribution in [0, 0.1) is 10.1 Å². The van der Waals surface area contributed by atoms with Gasteiger partial charge in [-0.3, -0.25) is 10.1 Å². The van der Waals surface area contributed by atoms with Crippen molar-refractivity contribution in [2.24, 2.45) is 0 Å². The second kappa shape index (κ2) is 7.09. The lowest BCUT2D eigenvalue weighted by molar-refractivity contribution is -0.384. The van der Waals surface area contributed by atoms with E-state index in [0.29, 0.717) is 12.4 Å².